The number of methoxy groups -OCH3 is 2. The predicted octanol–water partition coefficient (Wildman–Crippen LogP) is 6.13. The number of para-hydroxylation sites is 1. The number of nitrogens with one attached hydrogen (secondary N) is 1. The molecule has 1 aliphatic heterocycles. The van der Waals surface area contributed by atoms with Crippen molar-refractivity contribution in [2.75, 3.05) is 19.5 Å². The van der Waals surface area contributed by atoms with Crippen LogP contribution in [0.2, 0.25) is 0 Å². The first-order chi connectivity index (χ1) is 19.1. The quantitative estimate of drug-likeness (QED) is 0.303. The first kappa shape index (κ1) is 24.4. The Labute approximate surface area is 227 Å². The van der Waals surface area contributed by atoms with Crippen molar-refractivity contribution in [3.05, 3.63) is 120 Å². The van der Waals surface area contributed by atoms with E-state index in [1.807, 2.05) is 108 Å². The lowest BCUT2D eigenvalue weighted by Gasteiger charge is -2.31. The molecule has 6 rings (SSSR count). The lowest BCUT2D eigenvalue weighted by Crippen LogP contribution is -2.38. The van der Waals surface area contributed by atoms with Crippen LogP contribution in [-0.2, 0) is 6.54 Å². The zero-order valence-electron chi connectivity index (χ0n) is 22.0. The molecule has 2 aromatic heterocycles. The number of aromatic nitrogens is 3. The van der Waals surface area contributed by atoms with E-state index in [2.05, 4.69) is 16.0 Å². The first-order valence-electron chi connectivity index (χ1n) is 12.7. The van der Waals surface area contributed by atoms with Crippen molar-refractivity contribution in [2.24, 2.45) is 0 Å². The second-order valence-electron chi connectivity index (χ2n) is 9.40. The van der Waals surface area contributed by atoms with Crippen molar-refractivity contribution in [1.29, 1.82) is 0 Å². The van der Waals surface area contributed by atoms with Gasteiger partial charge in [-0.2, -0.15) is 5.10 Å². The summed E-state index contributed by atoms with van der Waals surface area (Å²) in [5.41, 5.74) is 5.38. The van der Waals surface area contributed by atoms with Crippen molar-refractivity contribution >= 4 is 11.7 Å². The number of rotatable bonds is 5. The maximum atomic E-state index is 14.1. The number of hydrogen-bond donors (Lipinski definition) is 1. The Bertz CT molecular complexity index is 1620. The van der Waals surface area contributed by atoms with Gasteiger partial charge >= 0.3 is 6.03 Å². The molecule has 0 unspecified atom stereocenters. The van der Waals surface area contributed by atoms with Gasteiger partial charge in [-0.15, -0.1) is 0 Å². The van der Waals surface area contributed by atoms with E-state index in [1.165, 1.54) is 0 Å². The minimum absolute atomic E-state index is 0.225. The number of nitrogens with zero attached hydrogens (tertiary/aromatic N) is 4. The average molecular weight is 520 g/mol. The summed E-state index contributed by atoms with van der Waals surface area (Å²) in [6.45, 7) is 2.36. The molecule has 0 fully saturated rings. The Morgan fingerprint density at radius 2 is 1.67 bits per heavy atom. The zero-order chi connectivity index (χ0) is 26.9. The number of urea groups is 1. The van der Waals surface area contributed by atoms with E-state index in [0.717, 1.165) is 39.8 Å². The third-order valence-electron chi connectivity index (χ3n) is 7.10. The zero-order valence-corrected chi connectivity index (χ0v) is 22.0. The molecule has 3 aromatic carbocycles. The average Bonchev–Trinajstić information content (AvgIpc) is 3.54. The Kier molecular flexibility index (Phi) is 6.28. The SMILES string of the molecule is COc1ccc([C@H]2c3cccn3-c3c(c(C)nn3-c3ccccc3)CN2C(=O)Nc2cccc(OC)c2)cc1. The number of ether oxygens (including phenoxy) is 2. The van der Waals surface area contributed by atoms with E-state index in [-0.39, 0.29) is 12.1 Å². The summed E-state index contributed by atoms with van der Waals surface area (Å²) in [7, 11) is 3.26. The third-order valence-corrected chi connectivity index (χ3v) is 7.10. The van der Waals surface area contributed by atoms with Gasteiger partial charge in [0.15, 0.2) is 0 Å². The molecule has 2 amide bonds. The number of carbonyl (C=O) groups is 1. The van der Waals surface area contributed by atoms with Gasteiger partial charge in [-0.1, -0.05) is 36.4 Å². The monoisotopic (exact) mass is 519 g/mol. The molecule has 0 aliphatic carbocycles. The molecule has 0 bridgehead atoms. The van der Waals surface area contributed by atoms with Gasteiger partial charge in [0.1, 0.15) is 17.3 Å². The molecule has 0 spiro atoms. The van der Waals surface area contributed by atoms with E-state index in [4.69, 9.17) is 14.6 Å². The lowest BCUT2D eigenvalue weighted by molar-refractivity contribution is 0.194. The van der Waals surface area contributed by atoms with Gasteiger partial charge in [-0.3, -0.25) is 0 Å². The van der Waals surface area contributed by atoms with Gasteiger partial charge in [0.25, 0.3) is 0 Å². The number of benzene rings is 3. The molecule has 0 saturated heterocycles. The third kappa shape index (κ3) is 4.40. The summed E-state index contributed by atoms with van der Waals surface area (Å²) in [6, 6.07) is 28.8. The standard InChI is InChI=1S/C31H29N5O3/c1-21-27-20-35(31(37)32-23-9-7-12-26(19-23)39-3)29(22-14-16-25(38-2)17-15-22)28-13-8-18-34(28)30(27)36(33-21)24-10-5-4-6-11-24/h4-19,29H,20H2,1-3H3,(H,32,37)/t29-/m0/s1. The van der Waals surface area contributed by atoms with E-state index in [1.54, 1.807) is 14.2 Å². The fraction of sp³-hybridized carbons (Fsp3) is 0.161. The fourth-order valence-corrected chi connectivity index (χ4v) is 5.18. The maximum Gasteiger partial charge on any atom is 0.322 e. The highest BCUT2D eigenvalue weighted by molar-refractivity contribution is 5.90. The molecule has 39 heavy (non-hydrogen) atoms. The fourth-order valence-electron chi connectivity index (χ4n) is 5.18. The molecule has 1 aliphatic rings. The van der Waals surface area contributed by atoms with Gasteiger partial charge in [0.2, 0.25) is 0 Å². The molecule has 0 saturated carbocycles. The van der Waals surface area contributed by atoms with Crippen LogP contribution in [0, 0.1) is 6.92 Å². The van der Waals surface area contributed by atoms with Crippen LogP contribution in [0.15, 0.2) is 97.2 Å². The summed E-state index contributed by atoms with van der Waals surface area (Å²) in [4.78, 5) is 15.9. The topological polar surface area (TPSA) is 73.5 Å². The van der Waals surface area contributed by atoms with Gasteiger partial charge in [-0.25, -0.2) is 9.48 Å². The lowest BCUT2D eigenvalue weighted by atomic mass is 10.0. The Balaban J connectivity index is 1.51. The number of hydrogen-bond acceptors (Lipinski definition) is 4. The molecule has 3 heterocycles. The Morgan fingerprint density at radius 1 is 0.897 bits per heavy atom. The molecule has 1 atom stereocenters. The maximum absolute atomic E-state index is 14.1. The second kappa shape index (κ2) is 10.1. The van der Waals surface area contributed by atoms with Crippen LogP contribution in [0.4, 0.5) is 10.5 Å². The second-order valence-corrected chi connectivity index (χ2v) is 9.40. The molecular weight excluding hydrogens is 490 g/mol. The van der Waals surface area contributed by atoms with Crippen LogP contribution < -0.4 is 14.8 Å². The van der Waals surface area contributed by atoms with Crippen LogP contribution in [0.3, 0.4) is 0 Å². The summed E-state index contributed by atoms with van der Waals surface area (Å²) < 4.78 is 14.9. The Hall–Kier alpha value is -4.98. The summed E-state index contributed by atoms with van der Waals surface area (Å²) in [5, 5.41) is 8.00. The number of aryl methyl sites for hydroxylation is 1. The summed E-state index contributed by atoms with van der Waals surface area (Å²) in [6.07, 6.45) is 2.04. The van der Waals surface area contributed by atoms with Gasteiger partial charge < -0.3 is 24.3 Å². The molecule has 196 valence electrons. The van der Waals surface area contributed by atoms with Crippen molar-refractivity contribution in [1.82, 2.24) is 19.2 Å². The summed E-state index contributed by atoms with van der Waals surface area (Å²) in [5.74, 6) is 2.36. The normalized spacial score (nSPS) is 14.2. The van der Waals surface area contributed by atoms with E-state index in [0.29, 0.717) is 18.0 Å². The van der Waals surface area contributed by atoms with Crippen molar-refractivity contribution in [3.8, 4) is 23.0 Å². The van der Waals surface area contributed by atoms with Crippen LogP contribution in [0.1, 0.15) is 28.6 Å². The number of anilines is 1. The van der Waals surface area contributed by atoms with E-state index < -0.39 is 0 Å². The van der Waals surface area contributed by atoms with Gasteiger partial charge in [-0.05, 0) is 61.0 Å². The highest BCUT2D eigenvalue weighted by Crippen LogP contribution is 2.39. The molecule has 0 radical (unpaired) electrons. The van der Waals surface area contributed by atoms with Crippen molar-refractivity contribution < 1.29 is 14.3 Å². The van der Waals surface area contributed by atoms with Crippen molar-refractivity contribution in [3.63, 3.8) is 0 Å². The first-order valence-corrected chi connectivity index (χ1v) is 12.7. The highest BCUT2D eigenvalue weighted by atomic mass is 16.5. The number of carbonyl (C=O) groups excluding carboxylic acids is 1. The molecule has 8 nitrogen and oxygen atoms in total. The van der Waals surface area contributed by atoms with Gasteiger partial charge in [0, 0.05) is 23.5 Å². The molecule has 5 aromatic rings. The minimum Gasteiger partial charge on any atom is -0.497 e. The number of amides is 2. The smallest absolute Gasteiger partial charge is 0.322 e. The van der Waals surface area contributed by atoms with Crippen LogP contribution in [-0.4, -0.2) is 39.5 Å². The highest BCUT2D eigenvalue weighted by Gasteiger charge is 2.36. The molecular formula is C31H29N5O3. The van der Waals surface area contributed by atoms with E-state index >= 15 is 0 Å². The van der Waals surface area contributed by atoms with Crippen LogP contribution >= 0.6 is 0 Å². The van der Waals surface area contributed by atoms with Gasteiger partial charge in [0.05, 0.1) is 43.9 Å². The summed E-state index contributed by atoms with van der Waals surface area (Å²) >= 11 is 0. The van der Waals surface area contributed by atoms with Crippen LogP contribution in [0.25, 0.3) is 11.5 Å². The Morgan fingerprint density at radius 3 is 2.41 bits per heavy atom. The molecule has 8 heteroatoms. The van der Waals surface area contributed by atoms with Crippen molar-refractivity contribution in [2.45, 2.75) is 19.5 Å². The number of fused-ring (bicyclic) bond motifs is 3. The van der Waals surface area contributed by atoms with E-state index in [9.17, 15) is 4.79 Å². The minimum atomic E-state index is -0.368. The predicted molar refractivity (Wildman–Crippen MR) is 150 cm³/mol. The van der Waals surface area contributed by atoms with Crippen LogP contribution in [0.5, 0.6) is 11.5 Å². The molecule has 1 N–H and O–H groups in total. The largest absolute Gasteiger partial charge is 0.497 e.